The van der Waals surface area contributed by atoms with E-state index >= 15 is 0 Å². The number of hydrogen-bond donors (Lipinski definition) is 1. The maximum Gasteiger partial charge on any atom is 0.416 e. The van der Waals surface area contributed by atoms with Crippen LogP contribution in [0.3, 0.4) is 0 Å². The van der Waals surface area contributed by atoms with Gasteiger partial charge in [0.05, 0.1) is 27.9 Å². The number of hydrogen-bond acceptors (Lipinski definition) is 5. The van der Waals surface area contributed by atoms with Gasteiger partial charge in [-0.25, -0.2) is 4.39 Å². The second-order valence-corrected chi connectivity index (χ2v) is 9.54. The van der Waals surface area contributed by atoms with Crippen LogP contribution in [-0.2, 0) is 19.6 Å². The van der Waals surface area contributed by atoms with Crippen molar-refractivity contribution < 1.29 is 27.2 Å². The molecule has 2 aromatic carbocycles. The maximum atomic E-state index is 14.2. The summed E-state index contributed by atoms with van der Waals surface area (Å²) in [5, 5.41) is 9.31. The number of imide groups is 1. The average Bonchev–Trinajstić information content (AvgIpc) is 3.52. The van der Waals surface area contributed by atoms with E-state index in [0.29, 0.717) is 10.6 Å². The van der Waals surface area contributed by atoms with E-state index in [1.54, 1.807) is 42.8 Å². The zero-order valence-corrected chi connectivity index (χ0v) is 20.2. The van der Waals surface area contributed by atoms with Gasteiger partial charge in [0.25, 0.3) is 11.8 Å². The van der Waals surface area contributed by atoms with Gasteiger partial charge in [0.1, 0.15) is 5.69 Å². The highest BCUT2D eigenvalue weighted by atomic mass is 32.1. The molecule has 5 rings (SSSR count). The summed E-state index contributed by atoms with van der Waals surface area (Å²) in [6.07, 6.45) is -3.58. The van der Waals surface area contributed by atoms with Crippen LogP contribution in [0.15, 0.2) is 66.2 Å². The Morgan fingerprint density at radius 3 is 2.30 bits per heavy atom. The first kappa shape index (κ1) is 24.7. The molecule has 0 saturated heterocycles. The quantitative estimate of drug-likeness (QED) is 0.250. The molecule has 2 aromatic heterocycles. The largest absolute Gasteiger partial charge is 0.416 e. The van der Waals surface area contributed by atoms with Gasteiger partial charge in [-0.1, -0.05) is 30.3 Å². The Bertz CT molecular complexity index is 1440. The van der Waals surface area contributed by atoms with Gasteiger partial charge in [-0.2, -0.15) is 18.3 Å². The van der Waals surface area contributed by atoms with Gasteiger partial charge in [0.2, 0.25) is 0 Å². The smallest absolute Gasteiger partial charge is 0.372 e. The van der Waals surface area contributed by atoms with Crippen LogP contribution in [0.25, 0.3) is 11.3 Å². The van der Waals surface area contributed by atoms with E-state index in [1.165, 1.54) is 34.2 Å². The SMILES string of the molecule is Cn1ncc(F)c1-c1csc(N[C@@H](Cc2ccccc2C(F)(F)F)CN2C(=O)c3ccccc3C2=O)c1. The van der Waals surface area contributed by atoms with Crippen molar-refractivity contribution in [2.75, 3.05) is 11.9 Å². The summed E-state index contributed by atoms with van der Waals surface area (Å²) < 4.78 is 56.7. The molecule has 0 fully saturated rings. The van der Waals surface area contributed by atoms with Crippen LogP contribution in [-0.4, -0.2) is 39.1 Å². The Balaban J connectivity index is 1.46. The van der Waals surface area contributed by atoms with Crippen molar-refractivity contribution in [3.63, 3.8) is 0 Å². The van der Waals surface area contributed by atoms with E-state index in [4.69, 9.17) is 0 Å². The number of fused-ring (bicyclic) bond motifs is 1. The highest BCUT2D eigenvalue weighted by molar-refractivity contribution is 7.14. The van der Waals surface area contributed by atoms with Crippen molar-refractivity contribution in [1.82, 2.24) is 14.7 Å². The molecule has 1 aliphatic heterocycles. The molecule has 11 heteroatoms. The highest BCUT2D eigenvalue weighted by Crippen LogP contribution is 2.34. The molecule has 37 heavy (non-hydrogen) atoms. The number of nitrogens with zero attached hydrogens (tertiary/aromatic N) is 3. The second kappa shape index (κ2) is 9.47. The molecule has 0 unspecified atom stereocenters. The summed E-state index contributed by atoms with van der Waals surface area (Å²) in [5.41, 5.74) is 0.564. The van der Waals surface area contributed by atoms with Crippen molar-refractivity contribution in [2.24, 2.45) is 7.05 Å². The molecule has 0 saturated carbocycles. The van der Waals surface area contributed by atoms with Crippen LogP contribution < -0.4 is 5.32 Å². The summed E-state index contributed by atoms with van der Waals surface area (Å²) in [4.78, 5) is 27.0. The number of rotatable bonds is 7. The van der Waals surface area contributed by atoms with Crippen molar-refractivity contribution in [3.8, 4) is 11.3 Å². The number of aromatic nitrogens is 2. The van der Waals surface area contributed by atoms with Crippen LogP contribution >= 0.6 is 11.3 Å². The van der Waals surface area contributed by atoms with Gasteiger partial charge in [0.15, 0.2) is 5.82 Å². The van der Waals surface area contributed by atoms with E-state index in [9.17, 15) is 27.2 Å². The van der Waals surface area contributed by atoms with Gasteiger partial charge in [-0.3, -0.25) is 19.2 Å². The minimum Gasteiger partial charge on any atom is -0.372 e. The molecule has 1 aliphatic rings. The molecule has 6 nitrogen and oxygen atoms in total. The molecule has 0 spiro atoms. The molecule has 190 valence electrons. The van der Waals surface area contributed by atoms with E-state index in [2.05, 4.69) is 10.4 Å². The predicted molar refractivity (Wildman–Crippen MR) is 131 cm³/mol. The molecule has 3 heterocycles. The topological polar surface area (TPSA) is 67.2 Å². The van der Waals surface area contributed by atoms with Crippen LogP contribution in [0.4, 0.5) is 22.6 Å². The van der Waals surface area contributed by atoms with E-state index in [1.807, 2.05) is 0 Å². The maximum absolute atomic E-state index is 14.2. The van der Waals surface area contributed by atoms with Gasteiger partial charge < -0.3 is 5.32 Å². The Labute approximate surface area is 213 Å². The molecule has 1 atom stereocenters. The van der Waals surface area contributed by atoms with Crippen molar-refractivity contribution >= 4 is 28.2 Å². The third kappa shape index (κ3) is 4.74. The summed E-state index contributed by atoms with van der Waals surface area (Å²) >= 11 is 1.23. The zero-order valence-electron chi connectivity index (χ0n) is 19.4. The fourth-order valence-corrected chi connectivity index (χ4v) is 5.36. The fraction of sp³-hybridized carbons (Fsp3) is 0.192. The third-order valence-electron chi connectivity index (χ3n) is 6.18. The average molecular weight is 529 g/mol. The lowest BCUT2D eigenvalue weighted by molar-refractivity contribution is -0.138. The number of alkyl halides is 3. The summed E-state index contributed by atoms with van der Waals surface area (Å²) in [6.45, 7) is -0.161. The van der Waals surface area contributed by atoms with Crippen molar-refractivity contribution in [1.29, 1.82) is 0 Å². The van der Waals surface area contributed by atoms with Crippen LogP contribution in [0.5, 0.6) is 0 Å². The Morgan fingerprint density at radius 2 is 1.68 bits per heavy atom. The number of nitrogens with one attached hydrogen (secondary N) is 1. The number of anilines is 1. The molecule has 1 N–H and O–H groups in total. The Hall–Kier alpha value is -3.99. The first-order valence-corrected chi connectivity index (χ1v) is 12.1. The standard InChI is InChI=1S/C26H20F4N4O2S/c1-33-23(21(27)12-31-33)16-11-22(37-14-16)32-17(10-15-6-2-5-9-20(15)26(28,29)30)13-34-24(35)18-7-3-4-8-19(18)25(34)36/h2-9,11-12,14,17,32H,10,13H2,1H3/t17-/m0/s1. The number of carbonyl (C=O) groups is 2. The zero-order chi connectivity index (χ0) is 26.3. The van der Waals surface area contributed by atoms with Gasteiger partial charge in [-0.05, 0) is 36.2 Å². The van der Waals surface area contributed by atoms with Crippen LogP contribution in [0.2, 0.25) is 0 Å². The first-order valence-electron chi connectivity index (χ1n) is 11.3. The second-order valence-electron chi connectivity index (χ2n) is 8.63. The van der Waals surface area contributed by atoms with E-state index < -0.39 is 35.4 Å². The lowest BCUT2D eigenvalue weighted by atomic mass is 9.99. The van der Waals surface area contributed by atoms with Gasteiger partial charge >= 0.3 is 6.18 Å². The van der Waals surface area contributed by atoms with Crippen LogP contribution in [0, 0.1) is 5.82 Å². The molecule has 4 aromatic rings. The number of halogens is 4. The minimum atomic E-state index is -4.57. The van der Waals surface area contributed by atoms with E-state index in [-0.39, 0.29) is 35.3 Å². The third-order valence-corrected chi connectivity index (χ3v) is 7.05. The summed E-state index contributed by atoms with van der Waals surface area (Å²) in [7, 11) is 1.60. The number of amides is 2. The lowest BCUT2D eigenvalue weighted by Gasteiger charge is -2.25. The van der Waals surface area contributed by atoms with Crippen LogP contribution in [0.1, 0.15) is 31.8 Å². The Kier molecular flexibility index (Phi) is 6.32. The number of thiophene rings is 1. The lowest BCUT2D eigenvalue weighted by Crippen LogP contribution is -2.41. The molecule has 0 bridgehead atoms. The molecular formula is C26H20F4N4O2S. The molecule has 0 aliphatic carbocycles. The predicted octanol–water partition coefficient (Wildman–Crippen LogP) is 5.63. The van der Waals surface area contributed by atoms with E-state index in [0.717, 1.165) is 17.2 Å². The van der Waals surface area contributed by atoms with Crippen molar-refractivity contribution in [3.05, 3.63) is 94.2 Å². The van der Waals surface area contributed by atoms with Crippen molar-refractivity contribution in [2.45, 2.75) is 18.6 Å². The molecule has 0 radical (unpaired) electrons. The van der Waals surface area contributed by atoms with Gasteiger partial charge in [-0.15, -0.1) is 11.3 Å². The minimum absolute atomic E-state index is 0.0265. The monoisotopic (exact) mass is 528 g/mol. The summed E-state index contributed by atoms with van der Waals surface area (Å²) in [5.74, 6) is -1.51. The first-order chi connectivity index (χ1) is 17.6. The number of benzene rings is 2. The highest BCUT2D eigenvalue weighted by Gasteiger charge is 2.38. The summed E-state index contributed by atoms with van der Waals surface area (Å²) in [6, 6.07) is 12.5. The number of carbonyl (C=O) groups excluding carboxylic acids is 2. The molecule has 2 amide bonds. The number of aryl methyl sites for hydroxylation is 1. The fourth-order valence-electron chi connectivity index (χ4n) is 4.50. The van der Waals surface area contributed by atoms with Gasteiger partial charge in [0, 0.05) is 30.6 Å². The normalized spacial score (nSPS) is 14.2. The Morgan fingerprint density at radius 1 is 1.03 bits per heavy atom. The molecular weight excluding hydrogens is 508 g/mol.